The molecule has 0 aromatic heterocycles. The third-order valence-corrected chi connectivity index (χ3v) is 4.85. The Bertz CT molecular complexity index is 435. The van der Waals surface area contributed by atoms with Crippen molar-refractivity contribution in [1.29, 1.82) is 0 Å². The maximum Gasteiger partial charge on any atom is 0.119 e. The number of hydrogen-bond acceptors (Lipinski definition) is 4. The van der Waals surface area contributed by atoms with Gasteiger partial charge in [-0.1, -0.05) is 12.1 Å². The fraction of sp³-hybridized carbons (Fsp3) is 0.647. The van der Waals surface area contributed by atoms with Crippen molar-refractivity contribution >= 4 is 0 Å². The Hall–Kier alpha value is -1.10. The van der Waals surface area contributed by atoms with Gasteiger partial charge in [-0.2, -0.15) is 0 Å². The molecule has 4 heteroatoms. The average molecular weight is 290 g/mol. The van der Waals surface area contributed by atoms with Gasteiger partial charge >= 0.3 is 0 Å². The van der Waals surface area contributed by atoms with Crippen LogP contribution < -0.4 is 10.5 Å². The number of aliphatic hydroxyl groups excluding tert-OH is 1. The Morgan fingerprint density at radius 3 is 2.43 bits per heavy atom. The highest BCUT2D eigenvalue weighted by Crippen LogP contribution is 2.35. The Morgan fingerprint density at radius 1 is 1.14 bits per heavy atom. The zero-order valence-electron chi connectivity index (χ0n) is 12.6. The summed E-state index contributed by atoms with van der Waals surface area (Å²) in [6.45, 7) is 2.41. The second kappa shape index (κ2) is 6.77. The van der Waals surface area contributed by atoms with Crippen LogP contribution in [0.1, 0.15) is 37.7 Å². The number of nitrogens with zero attached hydrogens (tertiary/aromatic N) is 1. The summed E-state index contributed by atoms with van der Waals surface area (Å²) in [4.78, 5) is 2.59. The summed E-state index contributed by atoms with van der Waals surface area (Å²) in [6.07, 6.45) is 5.39. The summed E-state index contributed by atoms with van der Waals surface area (Å²) in [5.74, 6) is 0.921. The standard InChI is InChI=1S/C17H26N2O2/c18-12-13-2-6-17(7-3-13)21-9-1-8-19-14-4-5-15(19)11-16(20)10-14/h2-3,6-7,14-16,20H,1,4-5,8-12,18H2. The first-order chi connectivity index (χ1) is 10.3. The quantitative estimate of drug-likeness (QED) is 0.786. The summed E-state index contributed by atoms with van der Waals surface area (Å²) < 4.78 is 5.79. The van der Waals surface area contributed by atoms with Crippen molar-refractivity contribution in [3.8, 4) is 5.75 Å². The van der Waals surface area contributed by atoms with E-state index in [-0.39, 0.29) is 6.10 Å². The fourth-order valence-electron chi connectivity index (χ4n) is 3.77. The molecule has 2 bridgehead atoms. The molecular formula is C17H26N2O2. The average Bonchev–Trinajstić information content (AvgIpc) is 2.74. The summed E-state index contributed by atoms with van der Waals surface area (Å²) in [5, 5.41) is 9.81. The van der Waals surface area contributed by atoms with E-state index in [0.717, 1.165) is 43.7 Å². The van der Waals surface area contributed by atoms with E-state index in [1.165, 1.54) is 12.8 Å². The van der Waals surface area contributed by atoms with Gasteiger partial charge in [0.2, 0.25) is 0 Å². The van der Waals surface area contributed by atoms with E-state index < -0.39 is 0 Å². The van der Waals surface area contributed by atoms with Crippen LogP contribution in [0.3, 0.4) is 0 Å². The second-order valence-corrected chi connectivity index (χ2v) is 6.30. The molecule has 2 aliphatic heterocycles. The van der Waals surface area contributed by atoms with Crippen LogP contribution in [0.5, 0.6) is 5.75 Å². The molecule has 3 N–H and O–H groups in total. The van der Waals surface area contributed by atoms with Crippen molar-refractivity contribution in [1.82, 2.24) is 4.90 Å². The van der Waals surface area contributed by atoms with Gasteiger partial charge in [-0.05, 0) is 49.8 Å². The zero-order chi connectivity index (χ0) is 14.7. The molecule has 2 heterocycles. The molecule has 3 rings (SSSR count). The molecule has 0 amide bonds. The van der Waals surface area contributed by atoms with Crippen LogP contribution in [0.15, 0.2) is 24.3 Å². The van der Waals surface area contributed by atoms with Gasteiger partial charge in [0.25, 0.3) is 0 Å². The molecule has 2 aliphatic rings. The van der Waals surface area contributed by atoms with E-state index in [0.29, 0.717) is 18.6 Å². The largest absolute Gasteiger partial charge is 0.494 e. The molecule has 2 saturated heterocycles. The smallest absolute Gasteiger partial charge is 0.119 e. The van der Waals surface area contributed by atoms with Crippen molar-refractivity contribution in [2.75, 3.05) is 13.2 Å². The number of ether oxygens (including phenoxy) is 1. The SMILES string of the molecule is NCc1ccc(OCCCN2C3CCC2CC(O)C3)cc1. The highest BCUT2D eigenvalue weighted by molar-refractivity contribution is 5.27. The number of nitrogens with two attached hydrogens (primary N) is 1. The molecule has 21 heavy (non-hydrogen) atoms. The van der Waals surface area contributed by atoms with Crippen molar-refractivity contribution in [2.24, 2.45) is 5.73 Å². The monoisotopic (exact) mass is 290 g/mol. The number of rotatable bonds is 6. The number of benzene rings is 1. The van der Waals surface area contributed by atoms with E-state index in [1.54, 1.807) is 0 Å². The van der Waals surface area contributed by atoms with Crippen LogP contribution in [0.2, 0.25) is 0 Å². The third-order valence-electron chi connectivity index (χ3n) is 4.85. The molecule has 116 valence electrons. The highest BCUT2D eigenvalue weighted by atomic mass is 16.5. The molecule has 4 nitrogen and oxygen atoms in total. The minimum Gasteiger partial charge on any atom is -0.494 e. The lowest BCUT2D eigenvalue weighted by Gasteiger charge is -2.37. The van der Waals surface area contributed by atoms with Crippen LogP contribution in [-0.4, -0.2) is 41.3 Å². The minimum atomic E-state index is -0.0731. The van der Waals surface area contributed by atoms with Crippen LogP contribution >= 0.6 is 0 Å². The number of fused-ring (bicyclic) bond motifs is 2. The first-order valence-corrected chi connectivity index (χ1v) is 8.12. The number of piperidine rings is 1. The first kappa shape index (κ1) is 14.8. The van der Waals surface area contributed by atoms with E-state index in [1.807, 2.05) is 24.3 Å². The summed E-state index contributed by atoms with van der Waals surface area (Å²) in [7, 11) is 0. The van der Waals surface area contributed by atoms with E-state index in [2.05, 4.69) is 4.90 Å². The van der Waals surface area contributed by atoms with Crippen LogP contribution in [0, 0.1) is 0 Å². The van der Waals surface area contributed by atoms with E-state index >= 15 is 0 Å². The van der Waals surface area contributed by atoms with Crippen molar-refractivity contribution < 1.29 is 9.84 Å². The van der Waals surface area contributed by atoms with Gasteiger partial charge in [-0.15, -0.1) is 0 Å². The predicted octanol–water partition coefficient (Wildman–Crippen LogP) is 1.90. The topological polar surface area (TPSA) is 58.7 Å². The van der Waals surface area contributed by atoms with E-state index in [9.17, 15) is 5.11 Å². The van der Waals surface area contributed by atoms with Crippen LogP contribution in [-0.2, 0) is 6.54 Å². The van der Waals surface area contributed by atoms with Gasteiger partial charge in [-0.3, -0.25) is 4.90 Å². The fourth-order valence-corrected chi connectivity index (χ4v) is 3.77. The summed E-state index contributed by atoms with van der Waals surface area (Å²) in [6, 6.07) is 9.21. The van der Waals surface area contributed by atoms with Gasteiger partial charge in [0.1, 0.15) is 5.75 Å². The molecular weight excluding hydrogens is 264 g/mol. The number of aliphatic hydroxyl groups is 1. The van der Waals surface area contributed by atoms with Gasteiger partial charge in [0.05, 0.1) is 12.7 Å². The van der Waals surface area contributed by atoms with Crippen LogP contribution in [0.25, 0.3) is 0 Å². The van der Waals surface area contributed by atoms with Gasteiger partial charge in [-0.25, -0.2) is 0 Å². The Labute approximate surface area is 126 Å². The second-order valence-electron chi connectivity index (χ2n) is 6.30. The van der Waals surface area contributed by atoms with Gasteiger partial charge in [0.15, 0.2) is 0 Å². The first-order valence-electron chi connectivity index (χ1n) is 8.12. The molecule has 1 aromatic rings. The molecule has 2 unspecified atom stereocenters. The summed E-state index contributed by atoms with van der Waals surface area (Å²) >= 11 is 0. The molecule has 0 saturated carbocycles. The molecule has 0 spiro atoms. The Morgan fingerprint density at radius 2 is 1.81 bits per heavy atom. The lowest BCUT2D eigenvalue weighted by Crippen LogP contribution is -2.45. The molecule has 2 atom stereocenters. The molecule has 0 radical (unpaired) electrons. The molecule has 2 fully saturated rings. The number of hydrogen-bond donors (Lipinski definition) is 2. The molecule has 0 aliphatic carbocycles. The lowest BCUT2D eigenvalue weighted by molar-refractivity contribution is 0.0331. The highest BCUT2D eigenvalue weighted by Gasteiger charge is 2.39. The van der Waals surface area contributed by atoms with Crippen molar-refractivity contribution in [2.45, 2.75) is 56.8 Å². The predicted molar refractivity (Wildman–Crippen MR) is 83.2 cm³/mol. The zero-order valence-corrected chi connectivity index (χ0v) is 12.6. The maximum absolute atomic E-state index is 9.81. The Balaban J connectivity index is 1.40. The third kappa shape index (κ3) is 3.57. The Kier molecular flexibility index (Phi) is 4.78. The van der Waals surface area contributed by atoms with E-state index in [4.69, 9.17) is 10.5 Å². The lowest BCUT2D eigenvalue weighted by atomic mass is 10.00. The van der Waals surface area contributed by atoms with Gasteiger partial charge in [0, 0.05) is 25.2 Å². The van der Waals surface area contributed by atoms with Crippen LogP contribution in [0.4, 0.5) is 0 Å². The maximum atomic E-state index is 9.81. The molecule has 1 aromatic carbocycles. The summed E-state index contributed by atoms with van der Waals surface area (Å²) in [5.41, 5.74) is 6.71. The minimum absolute atomic E-state index is 0.0731. The van der Waals surface area contributed by atoms with Crippen molar-refractivity contribution in [3.63, 3.8) is 0 Å². The van der Waals surface area contributed by atoms with Gasteiger partial charge < -0.3 is 15.6 Å². The normalized spacial score (nSPS) is 28.8. The van der Waals surface area contributed by atoms with Crippen molar-refractivity contribution in [3.05, 3.63) is 29.8 Å².